The summed E-state index contributed by atoms with van der Waals surface area (Å²) in [7, 11) is 0. The predicted molar refractivity (Wildman–Crippen MR) is 53.4 cm³/mol. The minimum Gasteiger partial charge on any atom is -0.478 e. The van der Waals surface area contributed by atoms with E-state index in [0.29, 0.717) is 11.5 Å². The number of hydrogen-bond acceptors (Lipinski definition) is 1. The Hall–Kier alpha value is -1.25. The molecule has 0 spiro atoms. The van der Waals surface area contributed by atoms with Gasteiger partial charge in [0.25, 0.3) is 0 Å². The zero-order chi connectivity index (χ0) is 10.3. The molecule has 0 unspecified atom stereocenters. The summed E-state index contributed by atoms with van der Waals surface area (Å²) < 4.78 is 2.02. The Balaban J connectivity index is 2.27. The summed E-state index contributed by atoms with van der Waals surface area (Å²) in [6.45, 7) is 4.33. The van der Waals surface area contributed by atoms with Gasteiger partial charge in [-0.05, 0) is 38.7 Å². The molecular weight excluding hydrogens is 178 g/mol. The molecule has 1 aromatic rings. The standard InChI is InChI=1S/C11H15NO2/c1-11(2,9-3-4-9)12-6-5-8(7-12)10(13)14/h5-7,9H,3-4H2,1-2H3,(H,13,14). The predicted octanol–water partition coefficient (Wildman–Crippen LogP) is 2.33. The lowest BCUT2D eigenvalue weighted by atomic mass is 9.99. The summed E-state index contributed by atoms with van der Waals surface area (Å²) in [5.41, 5.74) is 0.437. The third-order valence-electron chi connectivity index (χ3n) is 3.18. The van der Waals surface area contributed by atoms with E-state index in [1.807, 2.05) is 10.8 Å². The maximum atomic E-state index is 10.7. The van der Waals surface area contributed by atoms with Crippen LogP contribution < -0.4 is 0 Å². The van der Waals surface area contributed by atoms with E-state index < -0.39 is 5.97 Å². The number of carboxylic acid groups (broad SMARTS) is 1. The van der Waals surface area contributed by atoms with Gasteiger partial charge in [0.1, 0.15) is 0 Å². The fraction of sp³-hybridized carbons (Fsp3) is 0.545. The summed E-state index contributed by atoms with van der Waals surface area (Å²) in [5, 5.41) is 8.80. The highest BCUT2D eigenvalue weighted by atomic mass is 16.4. The molecule has 0 bridgehead atoms. The maximum absolute atomic E-state index is 10.7. The molecule has 1 saturated carbocycles. The SMILES string of the molecule is CC(C)(C1CC1)n1ccc(C(=O)O)c1. The highest BCUT2D eigenvalue weighted by Gasteiger charge is 2.38. The molecule has 76 valence electrons. The molecule has 0 radical (unpaired) electrons. The Morgan fingerprint density at radius 2 is 2.21 bits per heavy atom. The van der Waals surface area contributed by atoms with Crippen molar-refractivity contribution in [3.63, 3.8) is 0 Å². The van der Waals surface area contributed by atoms with Crippen LogP contribution in [0.1, 0.15) is 37.0 Å². The van der Waals surface area contributed by atoms with E-state index >= 15 is 0 Å². The van der Waals surface area contributed by atoms with E-state index in [-0.39, 0.29) is 5.54 Å². The molecule has 1 heterocycles. The van der Waals surface area contributed by atoms with Crippen molar-refractivity contribution < 1.29 is 9.90 Å². The van der Waals surface area contributed by atoms with Gasteiger partial charge < -0.3 is 9.67 Å². The lowest BCUT2D eigenvalue weighted by Crippen LogP contribution is -2.27. The zero-order valence-corrected chi connectivity index (χ0v) is 8.53. The molecule has 1 aromatic heterocycles. The van der Waals surface area contributed by atoms with Crippen LogP contribution in [-0.2, 0) is 5.54 Å². The van der Waals surface area contributed by atoms with Crippen LogP contribution in [0.15, 0.2) is 18.5 Å². The van der Waals surface area contributed by atoms with Crippen molar-refractivity contribution in [2.75, 3.05) is 0 Å². The zero-order valence-electron chi connectivity index (χ0n) is 8.53. The topological polar surface area (TPSA) is 42.2 Å². The van der Waals surface area contributed by atoms with Gasteiger partial charge in [-0.1, -0.05) is 0 Å². The highest BCUT2D eigenvalue weighted by molar-refractivity contribution is 5.87. The van der Waals surface area contributed by atoms with Crippen molar-refractivity contribution in [3.05, 3.63) is 24.0 Å². The molecule has 0 amide bonds. The van der Waals surface area contributed by atoms with Crippen molar-refractivity contribution in [2.24, 2.45) is 5.92 Å². The summed E-state index contributed by atoms with van der Waals surface area (Å²) in [6.07, 6.45) is 6.10. The van der Waals surface area contributed by atoms with Crippen molar-refractivity contribution >= 4 is 5.97 Å². The first-order chi connectivity index (χ1) is 6.51. The van der Waals surface area contributed by atoms with Gasteiger partial charge in [-0.3, -0.25) is 0 Å². The van der Waals surface area contributed by atoms with Gasteiger partial charge in [0.15, 0.2) is 0 Å². The minimum absolute atomic E-state index is 0.0632. The van der Waals surface area contributed by atoms with Crippen LogP contribution >= 0.6 is 0 Å². The third-order valence-corrected chi connectivity index (χ3v) is 3.18. The van der Waals surface area contributed by atoms with E-state index in [1.54, 1.807) is 12.3 Å². The van der Waals surface area contributed by atoms with Crippen LogP contribution in [0.25, 0.3) is 0 Å². The van der Waals surface area contributed by atoms with Gasteiger partial charge >= 0.3 is 5.97 Å². The van der Waals surface area contributed by atoms with Crippen LogP contribution in [-0.4, -0.2) is 15.6 Å². The van der Waals surface area contributed by atoms with E-state index in [4.69, 9.17) is 5.11 Å². The third kappa shape index (κ3) is 1.43. The molecule has 1 N–H and O–H groups in total. The lowest BCUT2D eigenvalue weighted by Gasteiger charge is -2.26. The van der Waals surface area contributed by atoms with Crippen LogP contribution in [0, 0.1) is 5.92 Å². The molecule has 2 rings (SSSR count). The van der Waals surface area contributed by atoms with Gasteiger partial charge in [0, 0.05) is 17.9 Å². The molecule has 1 aliphatic carbocycles. The number of nitrogens with zero attached hydrogens (tertiary/aromatic N) is 1. The van der Waals surface area contributed by atoms with Gasteiger partial charge in [0.2, 0.25) is 0 Å². The number of aromatic carboxylic acids is 1. The molecule has 3 nitrogen and oxygen atoms in total. The molecule has 1 fully saturated rings. The van der Waals surface area contributed by atoms with E-state index in [1.165, 1.54) is 12.8 Å². The number of carbonyl (C=O) groups is 1. The normalized spacial score (nSPS) is 17.0. The molecule has 14 heavy (non-hydrogen) atoms. The Bertz CT molecular complexity index is 361. The van der Waals surface area contributed by atoms with Crippen molar-refractivity contribution in [1.82, 2.24) is 4.57 Å². The van der Waals surface area contributed by atoms with Crippen molar-refractivity contribution in [1.29, 1.82) is 0 Å². The Kier molecular flexibility index (Phi) is 1.91. The fourth-order valence-corrected chi connectivity index (χ4v) is 1.88. The number of hydrogen-bond donors (Lipinski definition) is 1. The van der Waals surface area contributed by atoms with Crippen LogP contribution in [0.5, 0.6) is 0 Å². The first-order valence-electron chi connectivity index (χ1n) is 4.93. The highest BCUT2D eigenvalue weighted by Crippen LogP contribution is 2.43. The quantitative estimate of drug-likeness (QED) is 0.800. The summed E-state index contributed by atoms with van der Waals surface area (Å²) in [6, 6.07) is 1.66. The largest absolute Gasteiger partial charge is 0.478 e. The van der Waals surface area contributed by atoms with Crippen LogP contribution in [0.4, 0.5) is 0 Å². The van der Waals surface area contributed by atoms with Gasteiger partial charge in [-0.25, -0.2) is 4.79 Å². The summed E-state index contributed by atoms with van der Waals surface area (Å²) in [5.74, 6) is -0.146. The smallest absolute Gasteiger partial charge is 0.337 e. The first-order valence-corrected chi connectivity index (χ1v) is 4.93. The van der Waals surface area contributed by atoms with E-state index in [0.717, 1.165) is 0 Å². The second kappa shape index (κ2) is 2.87. The first kappa shape index (κ1) is 9.31. The second-order valence-corrected chi connectivity index (χ2v) is 4.54. The molecule has 0 aromatic carbocycles. The number of aromatic nitrogens is 1. The second-order valence-electron chi connectivity index (χ2n) is 4.54. The average molecular weight is 193 g/mol. The molecule has 0 aliphatic heterocycles. The molecule has 1 aliphatic rings. The number of carboxylic acids is 1. The van der Waals surface area contributed by atoms with Gasteiger partial charge in [0.05, 0.1) is 5.56 Å². The van der Waals surface area contributed by atoms with Gasteiger partial charge in [-0.15, -0.1) is 0 Å². The van der Waals surface area contributed by atoms with Gasteiger partial charge in [-0.2, -0.15) is 0 Å². The molecular formula is C11H15NO2. The average Bonchev–Trinajstić information content (AvgIpc) is 2.82. The van der Waals surface area contributed by atoms with Crippen molar-refractivity contribution in [2.45, 2.75) is 32.2 Å². The Morgan fingerprint density at radius 3 is 2.64 bits per heavy atom. The summed E-state index contributed by atoms with van der Waals surface area (Å²) in [4.78, 5) is 10.7. The summed E-state index contributed by atoms with van der Waals surface area (Å²) >= 11 is 0. The molecule has 0 saturated heterocycles. The van der Waals surface area contributed by atoms with Crippen LogP contribution in [0.3, 0.4) is 0 Å². The van der Waals surface area contributed by atoms with Crippen LogP contribution in [0.2, 0.25) is 0 Å². The Labute approximate surface area is 83.4 Å². The molecule has 0 atom stereocenters. The fourth-order valence-electron chi connectivity index (χ4n) is 1.88. The van der Waals surface area contributed by atoms with E-state index in [9.17, 15) is 4.79 Å². The minimum atomic E-state index is -0.852. The van der Waals surface area contributed by atoms with E-state index in [2.05, 4.69) is 13.8 Å². The Morgan fingerprint density at radius 1 is 1.57 bits per heavy atom. The lowest BCUT2D eigenvalue weighted by molar-refractivity contribution is 0.0696. The molecule has 3 heteroatoms. The monoisotopic (exact) mass is 193 g/mol. The maximum Gasteiger partial charge on any atom is 0.337 e. The number of rotatable bonds is 3. The van der Waals surface area contributed by atoms with Crippen molar-refractivity contribution in [3.8, 4) is 0 Å².